The zero-order valence-corrected chi connectivity index (χ0v) is 9.51. The van der Waals surface area contributed by atoms with E-state index in [1.54, 1.807) is 6.33 Å². The van der Waals surface area contributed by atoms with E-state index in [0.29, 0.717) is 6.54 Å². The van der Waals surface area contributed by atoms with E-state index in [0.717, 1.165) is 18.2 Å². The van der Waals surface area contributed by atoms with Crippen molar-refractivity contribution in [3.8, 4) is 0 Å². The first-order valence-electron chi connectivity index (χ1n) is 5.04. The Balaban J connectivity index is 2.82. The molecule has 5 nitrogen and oxygen atoms in total. The van der Waals surface area contributed by atoms with Crippen LogP contribution in [0, 0.1) is 0 Å². The average Bonchev–Trinajstić information content (AvgIpc) is 2.28. The molecule has 1 aromatic heterocycles. The van der Waals surface area contributed by atoms with Crippen LogP contribution in [0.3, 0.4) is 0 Å². The van der Waals surface area contributed by atoms with Crippen LogP contribution >= 0.6 is 0 Å². The molecule has 0 aliphatic carbocycles. The lowest BCUT2D eigenvalue weighted by molar-refractivity contribution is 0.304. The van der Waals surface area contributed by atoms with E-state index in [9.17, 15) is 0 Å². The molecule has 0 saturated heterocycles. The number of anilines is 2. The van der Waals surface area contributed by atoms with Crippen molar-refractivity contribution in [2.24, 2.45) is 0 Å². The summed E-state index contributed by atoms with van der Waals surface area (Å²) in [6.07, 6.45) is 1.55. The molecule has 1 rings (SSSR count). The Hall–Kier alpha value is -1.36. The number of likely N-dealkylation sites (N-methyl/N-ethyl adjacent to an activating group) is 1. The van der Waals surface area contributed by atoms with Crippen LogP contribution in [0.15, 0.2) is 12.4 Å². The molecule has 0 unspecified atom stereocenters. The van der Waals surface area contributed by atoms with Crippen molar-refractivity contribution in [3.63, 3.8) is 0 Å². The Morgan fingerprint density at radius 1 is 1.20 bits per heavy atom. The third-order valence-electron chi connectivity index (χ3n) is 2.33. The molecule has 15 heavy (non-hydrogen) atoms. The summed E-state index contributed by atoms with van der Waals surface area (Å²) in [5, 5.41) is 8.83. The molecule has 0 spiro atoms. The largest absolute Gasteiger partial charge is 0.395 e. The van der Waals surface area contributed by atoms with Gasteiger partial charge in [-0.2, -0.15) is 0 Å². The van der Waals surface area contributed by atoms with Gasteiger partial charge < -0.3 is 14.9 Å². The Morgan fingerprint density at radius 3 is 2.33 bits per heavy atom. The molecule has 0 aliphatic heterocycles. The van der Waals surface area contributed by atoms with Crippen molar-refractivity contribution in [2.75, 3.05) is 43.6 Å². The van der Waals surface area contributed by atoms with Gasteiger partial charge in [0, 0.05) is 33.3 Å². The lowest BCUT2D eigenvalue weighted by Gasteiger charge is -2.20. The molecule has 0 fully saturated rings. The molecule has 5 heteroatoms. The van der Waals surface area contributed by atoms with Gasteiger partial charge in [-0.05, 0) is 6.92 Å². The van der Waals surface area contributed by atoms with Crippen LogP contribution in [0.5, 0.6) is 0 Å². The lowest BCUT2D eigenvalue weighted by atomic mass is 10.4. The number of hydrogen-bond donors (Lipinski definition) is 1. The minimum absolute atomic E-state index is 0.124. The topological polar surface area (TPSA) is 52.5 Å². The maximum absolute atomic E-state index is 8.83. The van der Waals surface area contributed by atoms with Gasteiger partial charge in [-0.1, -0.05) is 0 Å². The van der Waals surface area contributed by atoms with Crippen LogP contribution in [0.1, 0.15) is 6.92 Å². The first-order valence-corrected chi connectivity index (χ1v) is 5.04. The smallest absolute Gasteiger partial charge is 0.133 e. The second-order valence-corrected chi connectivity index (χ2v) is 3.39. The van der Waals surface area contributed by atoms with E-state index < -0.39 is 0 Å². The third kappa shape index (κ3) is 3.06. The van der Waals surface area contributed by atoms with E-state index in [-0.39, 0.29) is 6.61 Å². The first kappa shape index (κ1) is 11.7. The van der Waals surface area contributed by atoms with Crippen LogP contribution < -0.4 is 9.80 Å². The molecular formula is C10H18N4O. The quantitative estimate of drug-likeness (QED) is 0.760. The summed E-state index contributed by atoms with van der Waals surface area (Å²) in [4.78, 5) is 12.3. The highest BCUT2D eigenvalue weighted by atomic mass is 16.3. The van der Waals surface area contributed by atoms with E-state index >= 15 is 0 Å². The van der Waals surface area contributed by atoms with Gasteiger partial charge in [0.25, 0.3) is 0 Å². The van der Waals surface area contributed by atoms with E-state index in [2.05, 4.69) is 16.9 Å². The predicted molar refractivity (Wildman–Crippen MR) is 61.3 cm³/mol. The van der Waals surface area contributed by atoms with E-state index in [1.807, 2.05) is 30.0 Å². The molecular weight excluding hydrogens is 192 g/mol. The lowest BCUT2D eigenvalue weighted by Crippen LogP contribution is -2.23. The van der Waals surface area contributed by atoms with Gasteiger partial charge in [0.15, 0.2) is 0 Å². The second kappa shape index (κ2) is 5.50. The average molecular weight is 210 g/mol. The Morgan fingerprint density at radius 2 is 1.80 bits per heavy atom. The SMILES string of the molecule is CCN(C)c1cc(N(C)CCO)ncn1. The van der Waals surface area contributed by atoms with Gasteiger partial charge >= 0.3 is 0 Å². The van der Waals surface area contributed by atoms with Crippen LogP contribution in [0.4, 0.5) is 11.6 Å². The van der Waals surface area contributed by atoms with Gasteiger partial charge in [0.1, 0.15) is 18.0 Å². The molecule has 0 aromatic carbocycles. The van der Waals surface area contributed by atoms with Crippen LogP contribution in [0.2, 0.25) is 0 Å². The van der Waals surface area contributed by atoms with Crippen molar-refractivity contribution < 1.29 is 5.11 Å². The fourth-order valence-corrected chi connectivity index (χ4v) is 1.18. The predicted octanol–water partition coefficient (Wildman–Crippen LogP) is 0.361. The zero-order valence-electron chi connectivity index (χ0n) is 9.51. The summed E-state index contributed by atoms with van der Waals surface area (Å²) in [5.41, 5.74) is 0. The molecule has 1 aromatic rings. The van der Waals surface area contributed by atoms with E-state index in [1.165, 1.54) is 0 Å². The molecule has 0 radical (unpaired) electrons. The van der Waals surface area contributed by atoms with Crippen molar-refractivity contribution in [3.05, 3.63) is 12.4 Å². The zero-order chi connectivity index (χ0) is 11.3. The summed E-state index contributed by atoms with van der Waals surface area (Å²) in [5.74, 6) is 1.72. The number of nitrogens with zero attached hydrogens (tertiary/aromatic N) is 4. The molecule has 0 saturated carbocycles. The Kier molecular flexibility index (Phi) is 4.30. The molecule has 0 amide bonds. The van der Waals surface area contributed by atoms with Crippen LogP contribution in [-0.4, -0.2) is 48.9 Å². The highest BCUT2D eigenvalue weighted by Gasteiger charge is 2.05. The molecule has 0 bridgehead atoms. The summed E-state index contributed by atoms with van der Waals surface area (Å²) >= 11 is 0. The highest BCUT2D eigenvalue weighted by molar-refractivity contribution is 5.49. The van der Waals surface area contributed by atoms with Crippen LogP contribution in [0.25, 0.3) is 0 Å². The third-order valence-corrected chi connectivity index (χ3v) is 2.33. The fraction of sp³-hybridized carbons (Fsp3) is 0.600. The van der Waals surface area contributed by atoms with E-state index in [4.69, 9.17) is 5.11 Å². The molecule has 0 aliphatic rings. The number of aromatic nitrogens is 2. The maximum Gasteiger partial charge on any atom is 0.133 e. The molecule has 1 heterocycles. The number of rotatable bonds is 5. The standard InChI is InChI=1S/C10H18N4O/c1-4-13(2)9-7-10(12-8-11-9)14(3)5-6-15/h7-8,15H,4-6H2,1-3H3. The first-order chi connectivity index (χ1) is 7.19. The van der Waals surface area contributed by atoms with Gasteiger partial charge in [0.2, 0.25) is 0 Å². The molecule has 0 atom stereocenters. The van der Waals surface area contributed by atoms with Gasteiger partial charge in [-0.15, -0.1) is 0 Å². The second-order valence-electron chi connectivity index (χ2n) is 3.39. The minimum atomic E-state index is 0.124. The minimum Gasteiger partial charge on any atom is -0.395 e. The fourth-order valence-electron chi connectivity index (χ4n) is 1.18. The van der Waals surface area contributed by atoms with Crippen molar-refractivity contribution >= 4 is 11.6 Å². The normalized spacial score (nSPS) is 10.1. The Bertz CT molecular complexity index is 305. The van der Waals surface area contributed by atoms with Gasteiger partial charge in [-0.25, -0.2) is 9.97 Å². The highest BCUT2D eigenvalue weighted by Crippen LogP contribution is 2.14. The summed E-state index contributed by atoms with van der Waals surface area (Å²) in [6, 6.07) is 1.92. The molecule has 1 N–H and O–H groups in total. The van der Waals surface area contributed by atoms with Gasteiger partial charge in [0.05, 0.1) is 6.61 Å². The van der Waals surface area contributed by atoms with Crippen LogP contribution in [-0.2, 0) is 0 Å². The molecule has 84 valence electrons. The monoisotopic (exact) mass is 210 g/mol. The summed E-state index contributed by atoms with van der Waals surface area (Å²) < 4.78 is 0. The van der Waals surface area contributed by atoms with Crippen molar-refractivity contribution in [2.45, 2.75) is 6.92 Å². The summed E-state index contributed by atoms with van der Waals surface area (Å²) in [7, 11) is 3.88. The number of hydrogen-bond acceptors (Lipinski definition) is 5. The maximum atomic E-state index is 8.83. The van der Waals surface area contributed by atoms with Crippen molar-refractivity contribution in [1.82, 2.24) is 9.97 Å². The van der Waals surface area contributed by atoms with Gasteiger partial charge in [-0.3, -0.25) is 0 Å². The summed E-state index contributed by atoms with van der Waals surface area (Å²) in [6.45, 7) is 3.67. The number of aliphatic hydroxyl groups excluding tert-OH is 1. The number of aliphatic hydroxyl groups is 1. The van der Waals surface area contributed by atoms with Crippen molar-refractivity contribution in [1.29, 1.82) is 0 Å². The Labute approximate surface area is 90.4 Å².